The van der Waals surface area contributed by atoms with Crippen LogP contribution in [0.5, 0.6) is 0 Å². The van der Waals surface area contributed by atoms with Gasteiger partial charge in [0.2, 0.25) is 0 Å². The molecule has 1 aromatic carbocycles. The van der Waals surface area contributed by atoms with Gasteiger partial charge in [-0.15, -0.1) is 0 Å². The van der Waals surface area contributed by atoms with E-state index in [0.29, 0.717) is 16.7 Å². The number of nitrogens with one attached hydrogen (secondary N) is 2. The topological polar surface area (TPSA) is 59.0 Å². The molecular weight excluding hydrogens is 386 g/mol. The smallest absolute Gasteiger partial charge is 0.269 e. The van der Waals surface area contributed by atoms with E-state index in [1.807, 2.05) is 12.1 Å². The van der Waals surface area contributed by atoms with Gasteiger partial charge in [0.1, 0.15) is 5.82 Å². The molecule has 1 fully saturated rings. The van der Waals surface area contributed by atoms with Crippen LogP contribution < -0.4 is 16.2 Å². The van der Waals surface area contributed by atoms with Crippen LogP contribution in [0.15, 0.2) is 41.3 Å². The molecule has 2 N–H and O–H groups in total. The second kappa shape index (κ2) is 7.80. The molecule has 0 saturated heterocycles. The molecule has 0 radical (unpaired) electrons. The molecule has 30 heavy (non-hydrogen) atoms. The summed E-state index contributed by atoms with van der Waals surface area (Å²) in [7, 11) is 0. The zero-order valence-corrected chi connectivity index (χ0v) is 16.6. The third-order valence-corrected chi connectivity index (χ3v) is 6.24. The summed E-state index contributed by atoms with van der Waals surface area (Å²) in [6, 6.07) is 9.31. The summed E-state index contributed by atoms with van der Waals surface area (Å²) >= 11 is 0. The molecule has 5 nitrogen and oxygen atoms in total. The second-order valence-electron chi connectivity index (χ2n) is 8.18. The molecule has 0 bridgehead atoms. The lowest BCUT2D eigenvalue weighted by Crippen LogP contribution is -2.27. The van der Waals surface area contributed by atoms with E-state index in [1.165, 1.54) is 17.2 Å². The molecule has 1 aliphatic carbocycles. The minimum absolute atomic E-state index is 0.0369. The molecule has 5 rings (SSSR count). The van der Waals surface area contributed by atoms with E-state index < -0.39 is 17.5 Å². The first-order chi connectivity index (χ1) is 14.6. The number of hydrogen-bond acceptors (Lipinski definition) is 4. The van der Waals surface area contributed by atoms with Crippen LogP contribution in [0.3, 0.4) is 0 Å². The van der Waals surface area contributed by atoms with Gasteiger partial charge in [-0.05, 0) is 55.1 Å². The Bertz CT molecular complexity index is 1150. The minimum atomic E-state index is -2.79. The van der Waals surface area contributed by atoms with Crippen molar-refractivity contribution in [3.05, 3.63) is 63.6 Å². The average Bonchev–Trinajstić information content (AvgIpc) is 3.27. The van der Waals surface area contributed by atoms with Gasteiger partial charge in [0.15, 0.2) is 0 Å². The van der Waals surface area contributed by atoms with E-state index in [4.69, 9.17) is 0 Å². The molecule has 3 aromatic rings. The summed E-state index contributed by atoms with van der Waals surface area (Å²) in [6.07, 6.45) is 3.47. The number of halogens is 2. The first-order valence-corrected chi connectivity index (χ1v) is 10.5. The maximum Gasteiger partial charge on any atom is 0.269 e. The van der Waals surface area contributed by atoms with Gasteiger partial charge in [0.25, 0.3) is 12.0 Å². The van der Waals surface area contributed by atoms with Gasteiger partial charge in [0, 0.05) is 35.9 Å². The Kier molecular flexibility index (Phi) is 4.98. The molecule has 3 heterocycles. The van der Waals surface area contributed by atoms with E-state index in [1.54, 1.807) is 10.8 Å². The molecule has 7 heteroatoms. The lowest BCUT2D eigenvalue weighted by Gasteiger charge is -2.20. The summed E-state index contributed by atoms with van der Waals surface area (Å²) in [5.74, 6) is 0.604. The van der Waals surface area contributed by atoms with Crippen molar-refractivity contribution in [1.82, 2.24) is 14.9 Å². The Labute approximate surface area is 173 Å². The van der Waals surface area contributed by atoms with Crippen molar-refractivity contribution in [2.45, 2.75) is 51.1 Å². The fourth-order valence-electron chi connectivity index (χ4n) is 4.71. The Balaban J connectivity index is 1.57. The van der Waals surface area contributed by atoms with E-state index in [2.05, 4.69) is 27.8 Å². The molecule has 0 amide bonds. The lowest BCUT2D eigenvalue weighted by atomic mass is 10.0. The molecule has 156 valence electrons. The van der Waals surface area contributed by atoms with Crippen LogP contribution in [0, 0.1) is 0 Å². The predicted octanol–water partition coefficient (Wildman–Crippen LogP) is 4.84. The standard InChI is InChI=1S/C23H24F2N4O/c24-22(25)19-10-16-13-27-21(11-20(16)29(23(19)30)18-3-1-2-4-18)28-17-6-5-15-12-26-8-7-14(15)9-17/h5-6,9-11,13,18,22,26H,1-4,7-8,12H2,(H,27,28). The van der Waals surface area contributed by atoms with Crippen LogP contribution in [0.4, 0.5) is 20.3 Å². The molecule has 1 aliphatic heterocycles. The van der Waals surface area contributed by atoms with Crippen LogP contribution in [0.1, 0.15) is 54.8 Å². The maximum absolute atomic E-state index is 13.5. The van der Waals surface area contributed by atoms with E-state index >= 15 is 0 Å². The minimum Gasteiger partial charge on any atom is -0.340 e. The molecule has 2 aliphatic rings. The van der Waals surface area contributed by atoms with Crippen LogP contribution in [-0.4, -0.2) is 16.1 Å². The van der Waals surface area contributed by atoms with Crippen LogP contribution in [-0.2, 0) is 13.0 Å². The van der Waals surface area contributed by atoms with Crippen LogP contribution in [0.2, 0.25) is 0 Å². The SMILES string of the molecule is O=c1c(C(F)F)cc2cnc(Nc3ccc4c(c3)CCNC4)cc2n1C1CCCC1. The maximum atomic E-state index is 13.5. The lowest BCUT2D eigenvalue weighted by molar-refractivity contribution is 0.149. The summed E-state index contributed by atoms with van der Waals surface area (Å²) in [5, 5.41) is 7.26. The number of benzene rings is 1. The Morgan fingerprint density at radius 3 is 2.77 bits per heavy atom. The van der Waals surface area contributed by atoms with E-state index in [0.717, 1.165) is 50.9 Å². The average molecular weight is 410 g/mol. The first kappa shape index (κ1) is 19.2. The molecule has 0 spiro atoms. The van der Waals surface area contributed by atoms with Gasteiger partial charge in [0.05, 0.1) is 11.1 Å². The van der Waals surface area contributed by atoms with Gasteiger partial charge < -0.3 is 15.2 Å². The molecule has 0 atom stereocenters. The summed E-state index contributed by atoms with van der Waals surface area (Å²) < 4.78 is 28.5. The monoisotopic (exact) mass is 410 g/mol. The third kappa shape index (κ3) is 3.47. The van der Waals surface area contributed by atoms with Crippen molar-refractivity contribution < 1.29 is 8.78 Å². The van der Waals surface area contributed by atoms with Gasteiger partial charge in [-0.1, -0.05) is 18.9 Å². The molecule has 2 aromatic heterocycles. The number of aromatic nitrogens is 2. The summed E-state index contributed by atoms with van der Waals surface area (Å²) in [6.45, 7) is 1.84. The van der Waals surface area contributed by atoms with Crippen molar-refractivity contribution in [1.29, 1.82) is 0 Å². The van der Waals surface area contributed by atoms with Crippen LogP contribution in [0.25, 0.3) is 10.9 Å². The molecule has 1 saturated carbocycles. The highest BCUT2D eigenvalue weighted by Crippen LogP contribution is 2.33. The van der Waals surface area contributed by atoms with E-state index in [-0.39, 0.29) is 6.04 Å². The molecule has 0 unspecified atom stereocenters. The van der Waals surface area contributed by atoms with Gasteiger partial charge in [-0.3, -0.25) is 4.79 Å². The van der Waals surface area contributed by atoms with Crippen molar-refractivity contribution in [3.8, 4) is 0 Å². The number of hydrogen-bond donors (Lipinski definition) is 2. The van der Waals surface area contributed by atoms with E-state index in [9.17, 15) is 13.6 Å². The van der Waals surface area contributed by atoms with Gasteiger partial charge in [-0.2, -0.15) is 0 Å². The van der Waals surface area contributed by atoms with Crippen molar-refractivity contribution in [2.75, 3.05) is 11.9 Å². The number of fused-ring (bicyclic) bond motifs is 2. The zero-order valence-electron chi connectivity index (χ0n) is 16.6. The van der Waals surface area contributed by atoms with Crippen molar-refractivity contribution in [3.63, 3.8) is 0 Å². The van der Waals surface area contributed by atoms with Gasteiger partial charge >= 0.3 is 0 Å². The number of anilines is 2. The number of nitrogens with zero attached hydrogens (tertiary/aromatic N) is 2. The highest BCUT2D eigenvalue weighted by atomic mass is 19.3. The van der Waals surface area contributed by atoms with Crippen molar-refractivity contribution in [2.24, 2.45) is 0 Å². The highest BCUT2D eigenvalue weighted by molar-refractivity contribution is 5.82. The first-order valence-electron chi connectivity index (χ1n) is 10.5. The third-order valence-electron chi connectivity index (χ3n) is 6.24. The number of rotatable bonds is 4. The summed E-state index contributed by atoms with van der Waals surface area (Å²) in [4.78, 5) is 17.3. The summed E-state index contributed by atoms with van der Waals surface area (Å²) in [5.41, 5.74) is 3.18. The fourth-order valence-corrected chi connectivity index (χ4v) is 4.71. The quantitative estimate of drug-likeness (QED) is 0.646. The Morgan fingerprint density at radius 1 is 1.13 bits per heavy atom. The Hall–Kier alpha value is -2.80. The van der Waals surface area contributed by atoms with Gasteiger partial charge in [-0.25, -0.2) is 13.8 Å². The second-order valence-corrected chi connectivity index (χ2v) is 8.18. The molecular formula is C23H24F2N4O. The normalized spacial score (nSPS) is 16.9. The predicted molar refractivity (Wildman–Crippen MR) is 114 cm³/mol. The fraction of sp³-hybridized carbons (Fsp3) is 0.391. The van der Waals surface area contributed by atoms with Crippen LogP contribution >= 0.6 is 0 Å². The zero-order chi connectivity index (χ0) is 20.7. The highest BCUT2D eigenvalue weighted by Gasteiger charge is 2.24. The number of alkyl halides is 2. The Morgan fingerprint density at radius 2 is 1.97 bits per heavy atom. The largest absolute Gasteiger partial charge is 0.340 e. The van der Waals surface area contributed by atoms with Crippen molar-refractivity contribution >= 4 is 22.4 Å². The number of pyridine rings is 2.